The number of hydrogen-bond donors (Lipinski definition) is 1. The van der Waals surface area contributed by atoms with E-state index in [2.05, 4.69) is 68.4 Å². The summed E-state index contributed by atoms with van der Waals surface area (Å²) in [6.07, 6.45) is 0. The minimum Gasteiger partial charge on any atom is -0.306 e. The molecule has 2 aromatic carbocycles. The molecule has 19 heavy (non-hydrogen) atoms. The summed E-state index contributed by atoms with van der Waals surface area (Å²) in [6.45, 7) is 2.99. The molecule has 100 valence electrons. The first-order valence-electron chi connectivity index (χ1n) is 6.05. The van der Waals surface area contributed by atoms with Crippen molar-refractivity contribution in [3.05, 3.63) is 67.6 Å². The summed E-state index contributed by atoms with van der Waals surface area (Å²) in [7, 11) is 0. The fourth-order valence-corrected chi connectivity index (χ4v) is 3.51. The Morgan fingerprint density at radius 1 is 1.16 bits per heavy atom. The summed E-state index contributed by atoms with van der Waals surface area (Å²) in [6, 6.07) is 14.3. The molecule has 1 unspecified atom stereocenters. The lowest BCUT2D eigenvalue weighted by molar-refractivity contribution is 0.628. The average Bonchev–Trinajstić information content (AvgIpc) is 2.37. The zero-order chi connectivity index (χ0) is 13.8. The van der Waals surface area contributed by atoms with Gasteiger partial charge < -0.3 is 5.32 Å². The van der Waals surface area contributed by atoms with E-state index in [0.29, 0.717) is 0 Å². The van der Waals surface area contributed by atoms with E-state index in [9.17, 15) is 0 Å². The van der Waals surface area contributed by atoms with Crippen molar-refractivity contribution in [3.63, 3.8) is 0 Å². The maximum Gasteiger partial charge on any atom is 0.0588 e. The third-order valence-corrected chi connectivity index (χ3v) is 4.28. The first kappa shape index (κ1) is 15.0. The number of nitrogens with one attached hydrogen (secondary N) is 1. The lowest BCUT2D eigenvalue weighted by Crippen LogP contribution is -2.22. The second kappa shape index (κ2) is 6.89. The van der Waals surface area contributed by atoms with Gasteiger partial charge in [-0.25, -0.2) is 0 Å². The van der Waals surface area contributed by atoms with Crippen LogP contribution in [0.15, 0.2) is 51.4 Å². The first-order chi connectivity index (χ1) is 9.11. The third kappa shape index (κ3) is 3.82. The van der Waals surface area contributed by atoms with Crippen LogP contribution in [-0.4, -0.2) is 6.54 Å². The monoisotopic (exact) mass is 401 g/mol. The van der Waals surface area contributed by atoms with E-state index in [1.165, 1.54) is 5.56 Å². The predicted octanol–water partition coefficient (Wildman–Crippen LogP) is 5.56. The average molecular weight is 404 g/mol. The molecule has 0 heterocycles. The van der Waals surface area contributed by atoms with Gasteiger partial charge in [0.05, 0.1) is 6.04 Å². The van der Waals surface area contributed by atoms with Crippen molar-refractivity contribution < 1.29 is 0 Å². The van der Waals surface area contributed by atoms with Crippen molar-refractivity contribution in [2.45, 2.75) is 13.0 Å². The molecule has 1 nitrogen and oxygen atoms in total. The van der Waals surface area contributed by atoms with Crippen molar-refractivity contribution in [2.75, 3.05) is 6.54 Å². The van der Waals surface area contributed by atoms with E-state index in [4.69, 9.17) is 11.6 Å². The van der Waals surface area contributed by atoms with Crippen LogP contribution in [0.2, 0.25) is 5.02 Å². The van der Waals surface area contributed by atoms with Crippen molar-refractivity contribution in [2.24, 2.45) is 0 Å². The number of benzene rings is 2. The van der Waals surface area contributed by atoms with Gasteiger partial charge in [0.15, 0.2) is 0 Å². The van der Waals surface area contributed by atoms with Crippen LogP contribution in [0.4, 0.5) is 0 Å². The molecule has 0 saturated heterocycles. The SMILES string of the molecule is CCNC(c1cccc(Cl)c1)c1ccc(Br)cc1Br. The van der Waals surface area contributed by atoms with Crippen LogP contribution >= 0.6 is 43.5 Å². The van der Waals surface area contributed by atoms with Crippen LogP contribution in [-0.2, 0) is 0 Å². The largest absolute Gasteiger partial charge is 0.306 e. The van der Waals surface area contributed by atoms with Gasteiger partial charge in [-0.05, 0) is 41.9 Å². The predicted molar refractivity (Wildman–Crippen MR) is 88.8 cm³/mol. The second-order valence-electron chi connectivity index (χ2n) is 4.21. The second-order valence-corrected chi connectivity index (χ2v) is 6.42. The molecule has 0 amide bonds. The van der Waals surface area contributed by atoms with Crippen LogP contribution in [0.25, 0.3) is 0 Å². The molecule has 1 atom stereocenters. The van der Waals surface area contributed by atoms with Gasteiger partial charge in [-0.15, -0.1) is 0 Å². The molecule has 0 aromatic heterocycles. The lowest BCUT2D eigenvalue weighted by Gasteiger charge is -2.20. The number of hydrogen-bond acceptors (Lipinski definition) is 1. The van der Waals surface area contributed by atoms with Gasteiger partial charge in [0, 0.05) is 14.0 Å². The summed E-state index contributed by atoms with van der Waals surface area (Å²) in [4.78, 5) is 0. The van der Waals surface area contributed by atoms with Gasteiger partial charge in [0.2, 0.25) is 0 Å². The molecule has 0 saturated carbocycles. The fourth-order valence-electron chi connectivity index (χ4n) is 2.03. The number of rotatable bonds is 4. The minimum absolute atomic E-state index is 0.131. The van der Waals surface area contributed by atoms with Gasteiger partial charge in [-0.1, -0.05) is 68.6 Å². The first-order valence-corrected chi connectivity index (χ1v) is 8.02. The van der Waals surface area contributed by atoms with E-state index in [1.54, 1.807) is 0 Å². The van der Waals surface area contributed by atoms with Crippen LogP contribution < -0.4 is 5.32 Å². The standard InChI is InChI=1S/C15H14Br2ClN/c1-2-19-15(10-4-3-5-12(18)8-10)13-7-6-11(16)9-14(13)17/h3-9,15,19H,2H2,1H3. The van der Waals surface area contributed by atoms with Gasteiger partial charge in [0.1, 0.15) is 0 Å². The van der Waals surface area contributed by atoms with Gasteiger partial charge in [-0.2, -0.15) is 0 Å². The lowest BCUT2D eigenvalue weighted by atomic mass is 9.99. The fraction of sp³-hybridized carbons (Fsp3) is 0.200. The van der Waals surface area contributed by atoms with Crippen molar-refractivity contribution in [1.82, 2.24) is 5.32 Å². The molecule has 1 N–H and O–H groups in total. The zero-order valence-corrected chi connectivity index (χ0v) is 14.4. The molecule has 0 bridgehead atoms. The van der Waals surface area contributed by atoms with E-state index in [0.717, 1.165) is 26.1 Å². The molecular weight excluding hydrogens is 389 g/mol. The summed E-state index contributed by atoms with van der Waals surface area (Å²) in [5, 5.41) is 4.26. The molecule has 2 aromatic rings. The van der Waals surface area contributed by atoms with E-state index < -0.39 is 0 Å². The van der Waals surface area contributed by atoms with Crippen LogP contribution in [0.3, 0.4) is 0 Å². The highest BCUT2D eigenvalue weighted by atomic mass is 79.9. The topological polar surface area (TPSA) is 12.0 Å². The molecular formula is C15H14Br2ClN. The van der Waals surface area contributed by atoms with E-state index >= 15 is 0 Å². The van der Waals surface area contributed by atoms with Crippen LogP contribution in [0, 0.1) is 0 Å². The third-order valence-electron chi connectivity index (χ3n) is 2.86. The summed E-state index contributed by atoms with van der Waals surface area (Å²) < 4.78 is 2.14. The molecule has 0 fully saturated rings. The summed E-state index contributed by atoms with van der Waals surface area (Å²) >= 11 is 13.2. The quantitative estimate of drug-likeness (QED) is 0.704. The zero-order valence-electron chi connectivity index (χ0n) is 10.5. The highest BCUT2D eigenvalue weighted by Gasteiger charge is 2.16. The molecule has 4 heteroatoms. The highest BCUT2D eigenvalue weighted by Crippen LogP contribution is 2.31. The molecule has 0 spiro atoms. The van der Waals surface area contributed by atoms with Gasteiger partial charge in [0.25, 0.3) is 0 Å². The Morgan fingerprint density at radius 3 is 2.58 bits per heavy atom. The maximum atomic E-state index is 6.09. The normalized spacial score (nSPS) is 12.4. The van der Waals surface area contributed by atoms with E-state index in [-0.39, 0.29) is 6.04 Å². The van der Waals surface area contributed by atoms with Crippen LogP contribution in [0.1, 0.15) is 24.1 Å². The van der Waals surface area contributed by atoms with Crippen molar-refractivity contribution in [3.8, 4) is 0 Å². The van der Waals surface area contributed by atoms with Gasteiger partial charge >= 0.3 is 0 Å². The maximum absolute atomic E-state index is 6.09. The summed E-state index contributed by atoms with van der Waals surface area (Å²) in [5.74, 6) is 0. The Balaban J connectivity index is 2.45. The molecule has 0 radical (unpaired) electrons. The molecule has 0 aliphatic heterocycles. The smallest absolute Gasteiger partial charge is 0.0588 e. The van der Waals surface area contributed by atoms with Crippen molar-refractivity contribution in [1.29, 1.82) is 0 Å². The molecule has 2 rings (SSSR count). The van der Waals surface area contributed by atoms with Crippen LogP contribution in [0.5, 0.6) is 0 Å². The van der Waals surface area contributed by atoms with Gasteiger partial charge in [-0.3, -0.25) is 0 Å². The molecule has 0 aliphatic carbocycles. The van der Waals surface area contributed by atoms with E-state index in [1.807, 2.05) is 18.2 Å². The number of halogens is 3. The van der Waals surface area contributed by atoms with Crippen molar-refractivity contribution >= 4 is 43.5 Å². The Labute approximate surface area is 135 Å². The highest BCUT2D eigenvalue weighted by molar-refractivity contribution is 9.11. The summed E-state index contributed by atoms with van der Waals surface area (Å²) in [5.41, 5.74) is 2.37. The Kier molecular flexibility index (Phi) is 5.46. The Hall–Kier alpha value is -0.350. The molecule has 0 aliphatic rings. The Bertz CT molecular complexity index is 572. The minimum atomic E-state index is 0.131. The Morgan fingerprint density at radius 2 is 1.95 bits per heavy atom.